The number of thiocarbonyl (C=S) groups is 1. The van der Waals surface area contributed by atoms with Crippen LogP contribution in [-0.4, -0.2) is 4.99 Å². The van der Waals surface area contributed by atoms with Gasteiger partial charge in [0.2, 0.25) is 0 Å². The molecule has 11 heavy (non-hydrogen) atoms. The monoisotopic (exact) mass is 185 g/mol. The first kappa shape index (κ1) is 8.50. The maximum Gasteiger partial charge on any atom is 0.103 e. The molecule has 0 aliphatic heterocycles. The predicted molar refractivity (Wildman–Crippen MR) is 52.1 cm³/mol. The SMILES string of the molecule is Cc1cc(C(N)=S)ccc1Cl. The minimum Gasteiger partial charge on any atom is -0.389 e. The van der Waals surface area contributed by atoms with Gasteiger partial charge in [-0.2, -0.15) is 0 Å². The van der Waals surface area contributed by atoms with E-state index in [1.165, 1.54) is 0 Å². The number of aryl methyl sites for hydroxylation is 1. The topological polar surface area (TPSA) is 26.0 Å². The van der Waals surface area contributed by atoms with Gasteiger partial charge in [-0.3, -0.25) is 0 Å². The summed E-state index contributed by atoms with van der Waals surface area (Å²) in [7, 11) is 0. The molecule has 3 heteroatoms. The van der Waals surface area contributed by atoms with Gasteiger partial charge in [-0.25, -0.2) is 0 Å². The van der Waals surface area contributed by atoms with Crippen LogP contribution in [0.25, 0.3) is 0 Å². The Morgan fingerprint density at radius 3 is 2.64 bits per heavy atom. The maximum absolute atomic E-state index is 5.80. The molecular formula is C8H8ClNS. The van der Waals surface area contributed by atoms with E-state index in [4.69, 9.17) is 29.6 Å². The lowest BCUT2D eigenvalue weighted by Crippen LogP contribution is -2.09. The Labute approximate surface area is 76.2 Å². The van der Waals surface area contributed by atoms with E-state index in [9.17, 15) is 0 Å². The van der Waals surface area contributed by atoms with Crippen LogP contribution in [0, 0.1) is 6.92 Å². The van der Waals surface area contributed by atoms with Gasteiger partial charge >= 0.3 is 0 Å². The molecule has 0 atom stereocenters. The van der Waals surface area contributed by atoms with E-state index in [1.54, 1.807) is 6.07 Å². The lowest BCUT2D eigenvalue weighted by atomic mass is 10.1. The third kappa shape index (κ3) is 1.91. The first-order valence-corrected chi connectivity index (χ1v) is 3.96. The van der Waals surface area contributed by atoms with Crippen LogP contribution in [0.15, 0.2) is 18.2 Å². The molecule has 0 saturated heterocycles. The average Bonchev–Trinajstić information content (AvgIpc) is 1.94. The van der Waals surface area contributed by atoms with E-state index in [2.05, 4.69) is 0 Å². The van der Waals surface area contributed by atoms with Crippen molar-refractivity contribution in [2.75, 3.05) is 0 Å². The molecular weight excluding hydrogens is 178 g/mol. The van der Waals surface area contributed by atoms with Crippen molar-refractivity contribution in [3.05, 3.63) is 34.3 Å². The predicted octanol–water partition coefficient (Wildman–Crippen LogP) is 2.28. The van der Waals surface area contributed by atoms with Crippen LogP contribution in [-0.2, 0) is 0 Å². The molecule has 0 bridgehead atoms. The Hall–Kier alpha value is -0.600. The van der Waals surface area contributed by atoms with E-state index in [1.807, 2.05) is 19.1 Å². The third-order valence-electron chi connectivity index (χ3n) is 1.44. The molecule has 0 radical (unpaired) electrons. The fourth-order valence-electron chi connectivity index (χ4n) is 0.798. The Bertz CT molecular complexity index is 296. The lowest BCUT2D eigenvalue weighted by molar-refractivity contribution is 1.45. The largest absolute Gasteiger partial charge is 0.389 e. The van der Waals surface area contributed by atoms with E-state index in [0.717, 1.165) is 16.1 Å². The summed E-state index contributed by atoms with van der Waals surface area (Å²) in [5.74, 6) is 0. The van der Waals surface area contributed by atoms with Gasteiger partial charge in [0.25, 0.3) is 0 Å². The van der Waals surface area contributed by atoms with Gasteiger partial charge in [0.05, 0.1) is 0 Å². The van der Waals surface area contributed by atoms with E-state index < -0.39 is 0 Å². The van der Waals surface area contributed by atoms with Crippen molar-refractivity contribution >= 4 is 28.8 Å². The molecule has 2 N–H and O–H groups in total. The Kier molecular flexibility index (Phi) is 2.47. The Morgan fingerprint density at radius 1 is 1.55 bits per heavy atom. The van der Waals surface area contributed by atoms with Gasteiger partial charge in [-0.15, -0.1) is 0 Å². The quantitative estimate of drug-likeness (QED) is 0.680. The third-order valence-corrected chi connectivity index (χ3v) is 2.10. The minimum atomic E-state index is 0.407. The molecule has 58 valence electrons. The summed E-state index contributed by atoms with van der Waals surface area (Å²) < 4.78 is 0. The molecule has 1 rings (SSSR count). The number of hydrogen-bond donors (Lipinski definition) is 1. The molecule has 0 aliphatic carbocycles. The van der Waals surface area contributed by atoms with Crippen LogP contribution in [0.4, 0.5) is 0 Å². The summed E-state index contributed by atoms with van der Waals surface area (Å²) in [5.41, 5.74) is 7.28. The molecule has 0 heterocycles. The summed E-state index contributed by atoms with van der Waals surface area (Å²) in [6.45, 7) is 1.92. The molecule has 1 nitrogen and oxygen atoms in total. The van der Waals surface area contributed by atoms with E-state index in [-0.39, 0.29) is 0 Å². The second kappa shape index (κ2) is 3.20. The van der Waals surface area contributed by atoms with Crippen molar-refractivity contribution < 1.29 is 0 Å². The molecule has 0 fully saturated rings. The summed E-state index contributed by atoms with van der Waals surface area (Å²) in [6.07, 6.45) is 0. The lowest BCUT2D eigenvalue weighted by Gasteiger charge is -2.00. The maximum atomic E-state index is 5.80. The zero-order valence-electron chi connectivity index (χ0n) is 6.10. The fourth-order valence-corrected chi connectivity index (χ4v) is 1.04. The molecule has 0 aliphatic rings. The molecule has 0 spiro atoms. The van der Waals surface area contributed by atoms with Crippen molar-refractivity contribution in [3.8, 4) is 0 Å². The normalized spacial score (nSPS) is 9.64. The number of halogens is 1. The highest BCUT2D eigenvalue weighted by atomic mass is 35.5. The van der Waals surface area contributed by atoms with Gasteiger partial charge < -0.3 is 5.73 Å². The molecule has 0 aromatic heterocycles. The number of rotatable bonds is 1. The summed E-state index contributed by atoms with van der Waals surface area (Å²) in [6, 6.07) is 5.49. The van der Waals surface area contributed by atoms with E-state index in [0.29, 0.717) is 4.99 Å². The van der Waals surface area contributed by atoms with Gasteiger partial charge in [0.15, 0.2) is 0 Å². The summed E-state index contributed by atoms with van der Waals surface area (Å²) in [4.78, 5) is 0.407. The fraction of sp³-hybridized carbons (Fsp3) is 0.125. The van der Waals surface area contributed by atoms with Crippen LogP contribution in [0.3, 0.4) is 0 Å². The highest BCUT2D eigenvalue weighted by Gasteiger charge is 1.98. The molecule has 0 saturated carbocycles. The van der Waals surface area contributed by atoms with Crippen LogP contribution < -0.4 is 5.73 Å². The van der Waals surface area contributed by atoms with Gasteiger partial charge in [-0.05, 0) is 24.6 Å². The highest BCUT2D eigenvalue weighted by Crippen LogP contribution is 2.15. The molecule has 1 aromatic carbocycles. The molecule has 0 amide bonds. The number of benzene rings is 1. The van der Waals surface area contributed by atoms with Crippen LogP contribution >= 0.6 is 23.8 Å². The molecule has 1 aromatic rings. The number of hydrogen-bond acceptors (Lipinski definition) is 1. The summed E-state index contributed by atoms with van der Waals surface area (Å²) >= 11 is 10.6. The minimum absolute atomic E-state index is 0.407. The molecule has 0 unspecified atom stereocenters. The van der Waals surface area contributed by atoms with E-state index >= 15 is 0 Å². The first-order valence-electron chi connectivity index (χ1n) is 3.17. The number of nitrogens with two attached hydrogens (primary N) is 1. The first-order chi connectivity index (χ1) is 5.11. The van der Waals surface area contributed by atoms with Gasteiger partial charge in [0, 0.05) is 10.6 Å². The zero-order valence-corrected chi connectivity index (χ0v) is 7.67. The standard InChI is InChI=1S/C8H8ClNS/c1-5-4-6(8(10)11)2-3-7(5)9/h2-4H,1H3,(H2,10,11). The van der Waals surface area contributed by atoms with Crippen molar-refractivity contribution in [1.82, 2.24) is 0 Å². The van der Waals surface area contributed by atoms with Crippen LogP contribution in [0.1, 0.15) is 11.1 Å². The van der Waals surface area contributed by atoms with Crippen LogP contribution in [0.2, 0.25) is 5.02 Å². The van der Waals surface area contributed by atoms with Crippen molar-refractivity contribution in [2.45, 2.75) is 6.92 Å². The smallest absolute Gasteiger partial charge is 0.103 e. The van der Waals surface area contributed by atoms with Crippen LogP contribution in [0.5, 0.6) is 0 Å². The van der Waals surface area contributed by atoms with Crippen molar-refractivity contribution in [3.63, 3.8) is 0 Å². The van der Waals surface area contributed by atoms with Crippen molar-refractivity contribution in [2.24, 2.45) is 5.73 Å². The zero-order chi connectivity index (χ0) is 8.43. The van der Waals surface area contributed by atoms with Gasteiger partial charge in [-0.1, -0.05) is 29.9 Å². The van der Waals surface area contributed by atoms with Crippen molar-refractivity contribution in [1.29, 1.82) is 0 Å². The second-order valence-corrected chi connectivity index (χ2v) is 3.18. The average molecular weight is 186 g/mol. The Morgan fingerprint density at radius 2 is 2.18 bits per heavy atom. The Balaban J connectivity index is 3.15. The van der Waals surface area contributed by atoms with Gasteiger partial charge in [0.1, 0.15) is 4.99 Å². The second-order valence-electron chi connectivity index (χ2n) is 2.33. The highest BCUT2D eigenvalue weighted by molar-refractivity contribution is 7.80. The summed E-state index contributed by atoms with van der Waals surface area (Å²) in [5, 5.41) is 0.741.